The lowest BCUT2D eigenvalue weighted by Gasteiger charge is -2.07. The van der Waals surface area contributed by atoms with Crippen LogP contribution in [0.15, 0.2) is 18.2 Å². The van der Waals surface area contributed by atoms with Gasteiger partial charge in [-0.25, -0.2) is 4.39 Å². The van der Waals surface area contributed by atoms with Gasteiger partial charge in [0, 0.05) is 11.8 Å². The van der Waals surface area contributed by atoms with E-state index in [1.54, 1.807) is 12.1 Å². The van der Waals surface area contributed by atoms with E-state index in [9.17, 15) is 4.39 Å². The number of amidine groups is 1. The van der Waals surface area contributed by atoms with Gasteiger partial charge in [-0.1, -0.05) is 24.8 Å². The highest BCUT2D eigenvalue weighted by atomic mass is 32.2. The monoisotopic (exact) mass is 242 g/mol. The first-order chi connectivity index (χ1) is 7.63. The van der Waals surface area contributed by atoms with Gasteiger partial charge in [-0.05, 0) is 18.1 Å². The molecule has 1 aromatic rings. The molecule has 0 aliphatic heterocycles. The molecule has 0 heterocycles. The highest BCUT2D eigenvalue weighted by molar-refractivity contribution is 8.13. The van der Waals surface area contributed by atoms with E-state index in [-0.39, 0.29) is 11.0 Å². The average Bonchev–Trinajstić information content (AvgIpc) is 2.24. The predicted octanol–water partition coefficient (Wildman–Crippen LogP) is 2.74. The van der Waals surface area contributed by atoms with Crippen LogP contribution in [0, 0.1) is 11.2 Å². The van der Waals surface area contributed by atoms with Crippen molar-refractivity contribution >= 4 is 16.9 Å². The molecule has 1 aromatic carbocycles. The highest BCUT2D eigenvalue weighted by Gasteiger charge is 2.05. The second-order valence-electron chi connectivity index (χ2n) is 3.25. The second-order valence-corrected chi connectivity index (χ2v) is 4.27. The summed E-state index contributed by atoms with van der Waals surface area (Å²) >= 11 is 1.10. The van der Waals surface area contributed by atoms with Crippen molar-refractivity contribution < 1.29 is 9.13 Å². The van der Waals surface area contributed by atoms with E-state index in [0.717, 1.165) is 18.2 Å². The predicted molar refractivity (Wildman–Crippen MR) is 65.4 cm³/mol. The molecule has 3 nitrogen and oxygen atoms in total. The van der Waals surface area contributed by atoms with Crippen LogP contribution < -0.4 is 10.5 Å². The molecule has 0 aliphatic rings. The van der Waals surface area contributed by atoms with Gasteiger partial charge in [-0.3, -0.25) is 5.41 Å². The number of halogens is 1. The van der Waals surface area contributed by atoms with E-state index in [4.69, 9.17) is 15.9 Å². The Morgan fingerprint density at radius 2 is 2.31 bits per heavy atom. The Kier molecular flexibility index (Phi) is 5.11. The Hall–Kier alpha value is -1.23. The number of benzene rings is 1. The third kappa shape index (κ3) is 4.10. The van der Waals surface area contributed by atoms with Crippen molar-refractivity contribution in [3.05, 3.63) is 29.6 Å². The summed E-state index contributed by atoms with van der Waals surface area (Å²) in [5, 5.41) is 7.03. The number of ether oxygens (including phenoxy) is 1. The van der Waals surface area contributed by atoms with Crippen LogP contribution in [-0.4, -0.2) is 11.8 Å². The first-order valence-corrected chi connectivity index (χ1v) is 6.00. The number of thioether (sulfide) groups is 1. The summed E-state index contributed by atoms with van der Waals surface area (Å²) in [6.45, 7) is 2.58. The Bertz CT molecular complexity index is 371. The lowest BCUT2D eigenvalue weighted by Crippen LogP contribution is -2.04. The van der Waals surface area contributed by atoms with Gasteiger partial charge in [0.15, 0.2) is 5.17 Å². The fourth-order valence-corrected chi connectivity index (χ4v) is 1.66. The summed E-state index contributed by atoms with van der Waals surface area (Å²) in [7, 11) is 0. The Labute approximate surface area is 98.7 Å². The molecule has 0 bridgehead atoms. The molecule has 1 rings (SSSR count). The van der Waals surface area contributed by atoms with Gasteiger partial charge < -0.3 is 10.5 Å². The third-order valence-corrected chi connectivity index (χ3v) is 2.65. The summed E-state index contributed by atoms with van der Waals surface area (Å²) in [5.74, 6) is 0.591. The highest BCUT2D eigenvalue weighted by Crippen LogP contribution is 2.20. The van der Waals surface area contributed by atoms with Gasteiger partial charge in [-0.15, -0.1) is 0 Å². The maximum absolute atomic E-state index is 13.5. The zero-order valence-electron chi connectivity index (χ0n) is 9.13. The fourth-order valence-electron chi connectivity index (χ4n) is 1.11. The van der Waals surface area contributed by atoms with Crippen molar-refractivity contribution in [3.63, 3.8) is 0 Å². The first-order valence-electron chi connectivity index (χ1n) is 5.01. The minimum Gasteiger partial charge on any atom is -0.494 e. The summed E-state index contributed by atoms with van der Waals surface area (Å²) in [5.41, 5.74) is 5.72. The topological polar surface area (TPSA) is 59.1 Å². The summed E-state index contributed by atoms with van der Waals surface area (Å²) in [6.07, 6.45) is 0.892. The molecule has 0 radical (unpaired) electrons. The van der Waals surface area contributed by atoms with E-state index in [2.05, 4.69) is 0 Å². The largest absolute Gasteiger partial charge is 0.494 e. The molecule has 5 heteroatoms. The summed E-state index contributed by atoms with van der Waals surface area (Å²) in [4.78, 5) is 0. The van der Waals surface area contributed by atoms with Crippen molar-refractivity contribution in [2.75, 3.05) is 6.61 Å². The minimum atomic E-state index is -0.317. The van der Waals surface area contributed by atoms with E-state index < -0.39 is 0 Å². The van der Waals surface area contributed by atoms with E-state index in [0.29, 0.717) is 23.7 Å². The molecule has 3 N–H and O–H groups in total. The second kappa shape index (κ2) is 6.37. The fraction of sp³-hybridized carbons (Fsp3) is 0.364. The average molecular weight is 242 g/mol. The Balaban J connectivity index is 2.63. The molecule has 16 heavy (non-hydrogen) atoms. The minimum absolute atomic E-state index is 0.00860. The van der Waals surface area contributed by atoms with Crippen molar-refractivity contribution in [1.82, 2.24) is 0 Å². The van der Waals surface area contributed by atoms with Crippen LogP contribution in [0.5, 0.6) is 5.75 Å². The SMILES string of the molecule is CCCOc1ccc(CSC(=N)N)c(F)c1. The van der Waals surface area contributed by atoms with Crippen molar-refractivity contribution in [2.24, 2.45) is 5.73 Å². The maximum Gasteiger partial charge on any atom is 0.151 e. The molecular weight excluding hydrogens is 227 g/mol. The zero-order chi connectivity index (χ0) is 12.0. The van der Waals surface area contributed by atoms with Gasteiger partial charge in [0.1, 0.15) is 11.6 Å². The van der Waals surface area contributed by atoms with Crippen LogP contribution >= 0.6 is 11.8 Å². The number of rotatable bonds is 5. The van der Waals surface area contributed by atoms with Crippen molar-refractivity contribution in [2.45, 2.75) is 19.1 Å². The van der Waals surface area contributed by atoms with Gasteiger partial charge in [-0.2, -0.15) is 0 Å². The standard InChI is InChI=1S/C11H15FN2OS/c1-2-5-15-9-4-3-8(10(12)6-9)7-16-11(13)14/h3-4,6H,2,5,7H2,1H3,(H3,13,14). The van der Waals surface area contributed by atoms with Crippen molar-refractivity contribution in [3.8, 4) is 5.75 Å². The van der Waals surface area contributed by atoms with E-state index in [1.165, 1.54) is 6.07 Å². The van der Waals surface area contributed by atoms with Crippen LogP contribution in [0.4, 0.5) is 4.39 Å². The van der Waals surface area contributed by atoms with Crippen LogP contribution in [-0.2, 0) is 5.75 Å². The molecule has 88 valence electrons. The molecule has 0 unspecified atom stereocenters. The summed E-state index contributed by atoms with van der Waals surface area (Å²) < 4.78 is 18.8. The molecule has 0 aromatic heterocycles. The zero-order valence-corrected chi connectivity index (χ0v) is 9.94. The van der Waals surface area contributed by atoms with Crippen LogP contribution in [0.1, 0.15) is 18.9 Å². The Morgan fingerprint density at radius 1 is 1.56 bits per heavy atom. The lowest BCUT2D eigenvalue weighted by molar-refractivity contribution is 0.315. The number of nitrogens with two attached hydrogens (primary N) is 1. The number of nitrogens with one attached hydrogen (secondary N) is 1. The van der Waals surface area contributed by atoms with E-state index >= 15 is 0 Å². The van der Waals surface area contributed by atoms with Gasteiger partial charge in [0.05, 0.1) is 6.61 Å². The number of hydrogen-bond donors (Lipinski definition) is 2. The van der Waals surface area contributed by atoms with Crippen LogP contribution in [0.25, 0.3) is 0 Å². The molecule has 0 saturated carbocycles. The Morgan fingerprint density at radius 3 is 2.88 bits per heavy atom. The number of hydrogen-bond acceptors (Lipinski definition) is 3. The third-order valence-electron chi connectivity index (χ3n) is 1.88. The van der Waals surface area contributed by atoms with Crippen molar-refractivity contribution in [1.29, 1.82) is 5.41 Å². The molecule has 0 saturated heterocycles. The first kappa shape index (κ1) is 12.8. The molecule has 0 atom stereocenters. The summed E-state index contributed by atoms with van der Waals surface area (Å²) in [6, 6.07) is 4.76. The molecule has 0 spiro atoms. The normalized spacial score (nSPS) is 10.1. The van der Waals surface area contributed by atoms with E-state index in [1.807, 2.05) is 6.92 Å². The molecular formula is C11H15FN2OS. The lowest BCUT2D eigenvalue weighted by atomic mass is 10.2. The van der Waals surface area contributed by atoms with Crippen LogP contribution in [0.3, 0.4) is 0 Å². The molecule has 0 amide bonds. The maximum atomic E-state index is 13.5. The quantitative estimate of drug-likeness (QED) is 0.616. The van der Waals surface area contributed by atoms with Crippen LogP contribution in [0.2, 0.25) is 0 Å². The molecule has 0 fully saturated rings. The van der Waals surface area contributed by atoms with Gasteiger partial charge in [0.2, 0.25) is 0 Å². The molecule has 0 aliphatic carbocycles. The van der Waals surface area contributed by atoms with Gasteiger partial charge in [0.25, 0.3) is 0 Å². The van der Waals surface area contributed by atoms with Gasteiger partial charge >= 0.3 is 0 Å². The smallest absolute Gasteiger partial charge is 0.151 e.